The SMILES string of the molecule is O=C(Nc1ccc(C(=O)N2CCCC2)s1)[C@H]1CCCN1. The highest BCUT2D eigenvalue weighted by Gasteiger charge is 2.24. The molecule has 0 aromatic carbocycles. The molecule has 2 aliphatic rings. The Bertz CT molecular complexity index is 502. The zero-order valence-electron chi connectivity index (χ0n) is 11.4. The van der Waals surface area contributed by atoms with E-state index in [1.807, 2.05) is 17.0 Å². The Morgan fingerprint density at radius 1 is 1.25 bits per heavy atom. The minimum absolute atomic E-state index is 0.00419. The van der Waals surface area contributed by atoms with Gasteiger partial charge in [-0.3, -0.25) is 9.59 Å². The summed E-state index contributed by atoms with van der Waals surface area (Å²) >= 11 is 1.36. The maximum Gasteiger partial charge on any atom is 0.263 e. The van der Waals surface area contributed by atoms with Crippen molar-refractivity contribution in [3.63, 3.8) is 0 Å². The first-order valence-electron chi connectivity index (χ1n) is 7.17. The summed E-state index contributed by atoms with van der Waals surface area (Å²) in [5, 5.41) is 6.82. The molecule has 2 N–H and O–H groups in total. The van der Waals surface area contributed by atoms with Crippen molar-refractivity contribution < 1.29 is 9.59 Å². The highest BCUT2D eigenvalue weighted by Crippen LogP contribution is 2.25. The van der Waals surface area contributed by atoms with E-state index in [2.05, 4.69) is 10.6 Å². The van der Waals surface area contributed by atoms with Crippen LogP contribution in [-0.2, 0) is 4.79 Å². The number of hydrogen-bond acceptors (Lipinski definition) is 4. The number of nitrogens with zero attached hydrogens (tertiary/aromatic N) is 1. The molecule has 0 radical (unpaired) electrons. The molecule has 0 saturated carbocycles. The molecular formula is C14H19N3O2S. The van der Waals surface area contributed by atoms with Crippen molar-refractivity contribution >= 4 is 28.2 Å². The number of nitrogens with one attached hydrogen (secondary N) is 2. The van der Waals surface area contributed by atoms with Crippen molar-refractivity contribution in [3.05, 3.63) is 17.0 Å². The Kier molecular flexibility index (Phi) is 4.03. The summed E-state index contributed by atoms with van der Waals surface area (Å²) in [5.74, 6) is 0.0940. The molecular weight excluding hydrogens is 274 g/mol. The molecule has 2 fully saturated rings. The monoisotopic (exact) mass is 293 g/mol. The van der Waals surface area contributed by atoms with Crippen LogP contribution >= 0.6 is 11.3 Å². The molecule has 2 aliphatic heterocycles. The van der Waals surface area contributed by atoms with Crippen molar-refractivity contribution in [3.8, 4) is 0 Å². The van der Waals surface area contributed by atoms with Crippen LogP contribution in [0.15, 0.2) is 12.1 Å². The van der Waals surface area contributed by atoms with Crippen LogP contribution < -0.4 is 10.6 Å². The number of carbonyl (C=O) groups is 2. The summed E-state index contributed by atoms with van der Waals surface area (Å²) < 4.78 is 0. The Labute approximate surface area is 122 Å². The smallest absolute Gasteiger partial charge is 0.263 e. The largest absolute Gasteiger partial charge is 0.338 e. The van der Waals surface area contributed by atoms with Crippen LogP contribution in [0.3, 0.4) is 0 Å². The summed E-state index contributed by atoms with van der Waals surface area (Å²) in [6.45, 7) is 2.61. The van der Waals surface area contributed by atoms with Crippen molar-refractivity contribution in [1.29, 1.82) is 0 Å². The molecule has 3 heterocycles. The van der Waals surface area contributed by atoms with E-state index in [9.17, 15) is 9.59 Å². The molecule has 0 spiro atoms. The van der Waals surface area contributed by atoms with Crippen LogP contribution in [0.4, 0.5) is 5.00 Å². The second kappa shape index (κ2) is 5.93. The van der Waals surface area contributed by atoms with E-state index in [4.69, 9.17) is 0 Å². The standard InChI is InChI=1S/C14H19N3O2S/c18-13(10-4-3-7-15-10)16-12-6-5-11(20-12)14(19)17-8-1-2-9-17/h5-6,10,15H,1-4,7-9H2,(H,16,18)/t10-/m1/s1. The summed E-state index contributed by atoms with van der Waals surface area (Å²) in [6.07, 6.45) is 4.11. The number of thiophene rings is 1. The van der Waals surface area contributed by atoms with Gasteiger partial charge in [-0.25, -0.2) is 0 Å². The van der Waals surface area contributed by atoms with Gasteiger partial charge in [0.2, 0.25) is 5.91 Å². The first-order valence-corrected chi connectivity index (χ1v) is 7.99. The molecule has 20 heavy (non-hydrogen) atoms. The number of carbonyl (C=O) groups excluding carboxylic acids is 2. The third-order valence-corrected chi connectivity index (χ3v) is 4.82. The van der Waals surface area contributed by atoms with Gasteiger partial charge in [-0.2, -0.15) is 0 Å². The normalized spacial score (nSPS) is 22.2. The van der Waals surface area contributed by atoms with Gasteiger partial charge in [0.15, 0.2) is 0 Å². The Morgan fingerprint density at radius 3 is 2.75 bits per heavy atom. The van der Waals surface area contributed by atoms with Gasteiger partial charge >= 0.3 is 0 Å². The van der Waals surface area contributed by atoms with Gasteiger partial charge in [0, 0.05) is 13.1 Å². The van der Waals surface area contributed by atoms with Gasteiger partial charge in [-0.1, -0.05) is 0 Å². The van der Waals surface area contributed by atoms with Gasteiger partial charge in [-0.15, -0.1) is 11.3 Å². The zero-order chi connectivity index (χ0) is 13.9. The predicted molar refractivity (Wildman–Crippen MR) is 79.1 cm³/mol. The number of anilines is 1. The first-order chi connectivity index (χ1) is 9.74. The van der Waals surface area contributed by atoms with Crippen LogP contribution in [0.5, 0.6) is 0 Å². The maximum atomic E-state index is 12.2. The van der Waals surface area contributed by atoms with E-state index in [-0.39, 0.29) is 17.9 Å². The quantitative estimate of drug-likeness (QED) is 0.891. The fraction of sp³-hybridized carbons (Fsp3) is 0.571. The Balaban J connectivity index is 1.61. The van der Waals surface area contributed by atoms with Crippen LogP contribution in [0, 0.1) is 0 Å². The van der Waals surface area contributed by atoms with Crippen molar-refractivity contribution in [2.45, 2.75) is 31.7 Å². The lowest BCUT2D eigenvalue weighted by molar-refractivity contribution is -0.117. The summed E-state index contributed by atoms with van der Waals surface area (Å²) in [4.78, 5) is 26.8. The van der Waals surface area contributed by atoms with E-state index in [1.165, 1.54) is 11.3 Å². The second-order valence-electron chi connectivity index (χ2n) is 5.30. The van der Waals surface area contributed by atoms with Gasteiger partial charge < -0.3 is 15.5 Å². The topological polar surface area (TPSA) is 61.4 Å². The highest BCUT2D eigenvalue weighted by atomic mass is 32.1. The van der Waals surface area contributed by atoms with Gasteiger partial charge in [-0.05, 0) is 44.4 Å². The molecule has 1 aromatic rings. The van der Waals surface area contributed by atoms with E-state index >= 15 is 0 Å². The molecule has 0 aliphatic carbocycles. The number of likely N-dealkylation sites (tertiary alicyclic amines) is 1. The molecule has 5 nitrogen and oxygen atoms in total. The molecule has 108 valence electrons. The maximum absolute atomic E-state index is 12.2. The van der Waals surface area contributed by atoms with Crippen molar-refractivity contribution in [1.82, 2.24) is 10.2 Å². The number of hydrogen-bond donors (Lipinski definition) is 2. The van der Waals surface area contributed by atoms with Crippen LogP contribution in [0.1, 0.15) is 35.4 Å². The molecule has 0 unspecified atom stereocenters. The molecule has 0 bridgehead atoms. The van der Waals surface area contributed by atoms with E-state index < -0.39 is 0 Å². The van der Waals surface area contributed by atoms with Crippen LogP contribution in [0.2, 0.25) is 0 Å². The number of amides is 2. The lowest BCUT2D eigenvalue weighted by Crippen LogP contribution is -2.35. The average Bonchev–Trinajstić information content (AvgIpc) is 3.19. The summed E-state index contributed by atoms with van der Waals surface area (Å²) in [5.41, 5.74) is 0. The minimum Gasteiger partial charge on any atom is -0.338 e. The second-order valence-corrected chi connectivity index (χ2v) is 6.39. The summed E-state index contributed by atoms with van der Waals surface area (Å²) in [6, 6.07) is 3.54. The van der Waals surface area contributed by atoms with E-state index in [0.29, 0.717) is 4.88 Å². The molecule has 3 rings (SSSR count). The number of rotatable bonds is 3. The third-order valence-electron chi connectivity index (χ3n) is 3.83. The van der Waals surface area contributed by atoms with E-state index in [0.717, 1.165) is 50.3 Å². The van der Waals surface area contributed by atoms with Crippen LogP contribution in [0.25, 0.3) is 0 Å². The Hall–Kier alpha value is -1.40. The van der Waals surface area contributed by atoms with Crippen molar-refractivity contribution in [2.24, 2.45) is 0 Å². The lowest BCUT2D eigenvalue weighted by atomic mass is 10.2. The fourth-order valence-electron chi connectivity index (χ4n) is 2.71. The molecule has 2 saturated heterocycles. The van der Waals surface area contributed by atoms with Gasteiger partial charge in [0.1, 0.15) is 0 Å². The third kappa shape index (κ3) is 2.86. The molecule has 2 amide bonds. The minimum atomic E-state index is -0.0881. The molecule has 1 aromatic heterocycles. The molecule has 1 atom stereocenters. The average molecular weight is 293 g/mol. The van der Waals surface area contributed by atoms with Crippen LogP contribution in [-0.4, -0.2) is 42.4 Å². The summed E-state index contributed by atoms with van der Waals surface area (Å²) in [7, 11) is 0. The van der Waals surface area contributed by atoms with Gasteiger partial charge in [0.05, 0.1) is 15.9 Å². The highest BCUT2D eigenvalue weighted by molar-refractivity contribution is 7.18. The predicted octanol–water partition coefficient (Wildman–Crippen LogP) is 1.67. The Morgan fingerprint density at radius 2 is 2.05 bits per heavy atom. The first kappa shape index (κ1) is 13.6. The fourth-order valence-corrected chi connectivity index (χ4v) is 3.59. The lowest BCUT2D eigenvalue weighted by Gasteiger charge is -2.13. The zero-order valence-corrected chi connectivity index (χ0v) is 12.2. The van der Waals surface area contributed by atoms with Crippen molar-refractivity contribution in [2.75, 3.05) is 25.0 Å². The van der Waals surface area contributed by atoms with E-state index in [1.54, 1.807) is 0 Å². The van der Waals surface area contributed by atoms with Gasteiger partial charge in [0.25, 0.3) is 5.91 Å². The molecule has 6 heteroatoms.